The molecule has 0 fully saturated rings. The largest absolute Gasteiger partial charge is 0.344 e. The van der Waals surface area contributed by atoms with E-state index in [0.29, 0.717) is 0 Å². The van der Waals surface area contributed by atoms with Crippen LogP contribution in [-0.2, 0) is 0 Å². The van der Waals surface area contributed by atoms with Crippen LogP contribution in [-0.4, -0.2) is 15.9 Å². The highest BCUT2D eigenvalue weighted by Gasteiger charge is 2.15. The summed E-state index contributed by atoms with van der Waals surface area (Å²) in [5, 5.41) is 2.57. The Balaban J connectivity index is 2.13. The first-order valence-corrected chi connectivity index (χ1v) is 5.60. The average Bonchev–Trinajstić information content (AvgIpc) is 2.39. The minimum Gasteiger partial charge on any atom is -0.344 e. The van der Waals surface area contributed by atoms with Crippen LogP contribution in [0.15, 0.2) is 36.8 Å². The molecule has 98 valence electrons. The summed E-state index contributed by atoms with van der Waals surface area (Å²) >= 11 is 0. The maximum Gasteiger partial charge on any atom is 0.271 e. The number of hydrogen-bond donors (Lipinski definition) is 1. The van der Waals surface area contributed by atoms with E-state index in [0.717, 1.165) is 12.1 Å². The van der Waals surface area contributed by atoms with Crippen molar-refractivity contribution in [3.63, 3.8) is 0 Å². The van der Waals surface area contributed by atoms with Gasteiger partial charge < -0.3 is 5.32 Å². The standard InChI is InChI=1S/C13H11F2N3O/c1-8(10-3-2-9(14)6-11(10)15)18-13(19)12-7-16-4-5-17-12/h2-8H,1H3,(H,18,19)/t8-/m0/s1. The van der Waals surface area contributed by atoms with E-state index < -0.39 is 23.6 Å². The topological polar surface area (TPSA) is 54.9 Å². The number of aromatic nitrogens is 2. The first kappa shape index (κ1) is 13.1. The lowest BCUT2D eigenvalue weighted by Crippen LogP contribution is -2.28. The fourth-order valence-corrected chi connectivity index (χ4v) is 1.62. The van der Waals surface area contributed by atoms with Crippen LogP contribution < -0.4 is 5.32 Å². The monoisotopic (exact) mass is 263 g/mol. The van der Waals surface area contributed by atoms with Crippen molar-refractivity contribution in [3.05, 3.63) is 59.7 Å². The molecule has 0 saturated carbocycles. The zero-order valence-electron chi connectivity index (χ0n) is 10.1. The van der Waals surface area contributed by atoms with E-state index in [9.17, 15) is 13.6 Å². The number of hydrogen-bond acceptors (Lipinski definition) is 3. The van der Waals surface area contributed by atoms with Crippen molar-refractivity contribution < 1.29 is 13.6 Å². The summed E-state index contributed by atoms with van der Waals surface area (Å²) < 4.78 is 26.3. The second-order valence-electron chi connectivity index (χ2n) is 3.95. The molecule has 2 rings (SSSR count). The van der Waals surface area contributed by atoms with Gasteiger partial charge in [-0.05, 0) is 13.0 Å². The summed E-state index contributed by atoms with van der Waals surface area (Å²) in [7, 11) is 0. The molecule has 0 aliphatic carbocycles. The minimum atomic E-state index is -0.702. The normalized spacial score (nSPS) is 11.9. The first-order chi connectivity index (χ1) is 9.08. The summed E-state index contributed by atoms with van der Waals surface area (Å²) in [6.45, 7) is 1.60. The molecule has 0 bridgehead atoms. The maximum atomic E-state index is 13.5. The number of halogens is 2. The Bertz CT molecular complexity index is 590. The van der Waals surface area contributed by atoms with Gasteiger partial charge in [0.25, 0.3) is 5.91 Å². The third-order valence-corrected chi connectivity index (χ3v) is 2.57. The summed E-state index contributed by atoms with van der Waals surface area (Å²) in [6, 6.07) is 2.62. The number of rotatable bonds is 3. The van der Waals surface area contributed by atoms with E-state index in [2.05, 4.69) is 15.3 Å². The van der Waals surface area contributed by atoms with Crippen LogP contribution in [0.3, 0.4) is 0 Å². The second-order valence-corrected chi connectivity index (χ2v) is 3.95. The van der Waals surface area contributed by atoms with Gasteiger partial charge in [-0.2, -0.15) is 0 Å². The van der Waals surface area contributed by atoms with Gasteiger partial charge >= 0.3 is 0 Å². The van der Waals surface area contributed by atoms with Gasteiger partial charge in [-0.15, -0.1) is 0 Å². The lowest BCUT2D eigenvalue weighted by atomic mass is 10.1. The Kier molecular flexibility index (Phi) is 3.79. The molecule has 1 aromatic heterocycles. The molecule has 1 aromatic carbocycles. The van der Waals surface area contributed by atoms with Gasteiger partial charge in [-0.1, -0.05) is 6.07 Å². The van der Waals surface area contributed by atoms with Gasteiger partial charge in [0.1, 0.15) is 17.3 Å². The molecule has 19 heavy (non-hydrogen) atoms. The lowest BCUT2D eigenvalue weighted by molar-refractivity contribution is 0.0934. The van der Waals surface area contributed by atoms with Crippen LogP contribution in [0.4, 0.5) is 8.78 Å². The third kappa shape index (κ3) is 3.09. The fourth-order valence-electron chi connectivity index (χ4n) is 1.62. The SMILES string of the molecule is C[C@H](NC(=O)c1cnccn1)c1ccc(F)cc1F. The third-order valence-electron chi connectivity index (χ3n) is 2.57. The van der Waals surface area contributed by atoms with Crippen LogP contribution in [0.5, 0.6) is 0 Å². The van der Waals surface area contributed by atoms with Crippen molar-refractivity contribution in [2.75, 3.05) is 0 Å². The molecule has 0 spiro atoms. The Hall–Kier alpha value is -2.37. The minimum absolute atomic E-state index is 0.136. The van der Waals surface area contributed by atoms with E-state index in [1.807, 2.05) is 0 Å². The van der Waals surface area contributed by atoms with Crippen molar-refractivity contribution in [1.82, 2.24) is 15.3 Å². The van der Waals surface area contributed by atoms with E-state index in [4.69, 9.17) is 0 Å². The molecule has 1 atom stereocenters. The zero-order chi connectivity index (χ0) is 13.8. The summed E-state index contributed by atoms with van der Waals surface area (Å²) in [4.78, 5) is 19.4. The lowest BCUT2D eigenvalue weighted by Gasteiger charge is -2.14. The number of nitrogens with zero attached hydrogens (tertiary/aromatic N) is 2. The van der Waals surface area contributed by atoms with Crippen molar-refractivity contribution in [2.45, 2.75) is 13.0 Å². The molecule has 1 heterocycles. The van der Waals surface area contributed by atoms with Crippen molar-refractivity contribution in [2.24, 2.45) is 0 Å². The van der Waals surface area contributed by atoms with Gasteiger partial charge in [0.15, 0.2) is 0 Å². The maximum absolute atomic E-state index is 13.5. The average molecular weight is 263 g/mol. The highest BCUT2D eigenvalue weighted by atomic mass is 19.1. The van der Waals surface area contributed by atoms with E-state index in [1.54, 1.807) is 6.92 Å². The zero-order valence-corrected chi connectivity index (χ0v) is 10.1. The second kappa shape index (κ2) is 5.51. The molecule has 1 amide bonds. The first-order valence-electron chi connectivity index (χ1n) is 5.60. The Morgan fingerprint density at radius 1 is 1.32 bits per heavy atom. The molecule has 1 N–H and O–H groups in total. The molecule has 6 heteroatoms. The summed E-state index contributed by atoms with van der Waals surface area (Å²) in [6.07, 6.45) is 4.14. The molecule has 4 nitrogen and oxygen atoms in total. The smallest absolute Gasteiger partial charge is 0.271 e. The van der Waals surface area contributed by atoms with E-state index in [-0.39, 0.29) is 11.3 Å². The predicted molar refractivity (Wildman–Crippen MR) is 64.3 cm³/mol. The quantitative estimate of drug-likeness (QED) is 0.924. The van der Waals surface area contributed by atoms with Gasteiger partial charge in [-0.3, -0.25) is 9.78 Å². The van der Waals surface area contributed by atoms with Crippen LogP contribution in [0.1, 0.15) is 29.0 Å². The molecule has 0 radical (unpaired) electrons. The van der Waals surface area contributed by atoms with Gasteiger partial charge in [-0.25, -0.2) is 13.8 Å². The highest BCUT2D eigenvalue weighted by Crippen LogP contribution is 2.17. The molecule has 2 aromatic rings. The van der Waals surface area contributed by atoms with Crippen LogP contribution in [0.2, 0.25) is 0 Å². The number of nitrogens with one attached hydrogen (secondary N) is 1. The molecule has 0 saturated heterocycles. The molecule has 0 aliphatic rings. The van der Waals surface area contributed by atoms with Gasteiger partial charge in [0, 0.05) is 24.0 Å². The van der Waals surface area contributed by atoms with Crippen LogP contribution >= 0.6 is 0 Å². The van der Waals surface area contributed by atoms with Crippen molar-refractivity contribution in [1.29, 1.82) is 0 Å². The van der Waals surface area contributed by atoms with Gasteiger partial charge in [0.2, 0.25) is 0 Å². The van der Waals surface area contributed by atoms with E-state index in [1.165, 1.54) is 24.7 Å². The predicted octanol–water partition coefficient (Wildman–Crippen LogP) is 2.25. The highest BCUT2D eigenvalue weighted by molar-refractivity contribution is 5.92. The van der Waals surface area contributed by atoms with Gasteiger partial charge in [0.05, 0.1) is 12.2 Å². The molecular formula is C13H11F2N3O. The van der Waals surface area contributed by atoms with Crippen LogP contribution in [0, 0.1) is 11.6 Å². The van der Waals surface area contributed by atoms with E-state index >= 15 is 0 Å². The number of carbonyl (C=O) groups excluding carboxylic acids is 1. The number of benzene rings is 1. The number of carbonyl (C=O) groups is 1. The fraction of sp³-hybridized carbons (Fsp3) is 0.154. The van der Waals surface area contributed by atoms with Crippen molar-refractivity contribution in [3.8, 4) is 0 Å². The summed E-state index contributed by atoms with van der Waals surface area (Å²) in [5.74, 6) is -1.83. The Morgan fingerprint density at radius 3 is 2.74 bits per heavy atom. The summed E-state index contributed by atoms with van der Waals surface area (Å²) in [5.41, 5.74) is 0.343. The van der Waals surface area contributed by atoms with Crippen molar-refractivity contribution >= 4 is 5.91 Å². The molecule has 0 aliphatic heterocycles. The Labute approximate surface area is 108 Å². The molecule has 0 unspecified atom stereocenters. The Morgan fingerprint density at radius 2 is 2.11 bits per heavy atom. The molecular weight excluding hydrogens is 252 g/mol. The number of amides is 1. The van der Waals surface area contributed by atoms with Crippen LogP contribution in [0.25, 0.3) is 0 Å².